The number of halogens is 2. The molecule has 0 saturated heterocycles. The number of anilines is 1. The number of nitrogens with one attached hydrogen (secondary N) is 1. The first-order chi connectivity index (χ1) is 11.9. The van der Waals surface area contributed by atoms with Crippen molar-refractivity contribution in [3.63, 3.8) is 0 Å². The predicted molar refractivity (Wildman–Crippen MR) is 95.8 cm³/mol. The first-order valence-electron chi connectivity index (χ1n) is 7.68. The van der Waals surface area contributed by atoms with Gasteiger partial charge in [-0.15, -0.1) is 0 Å². The van der Waals surface area contributed by atoms with Crippen LogP contribution in [0.15, 0.2) is 41.2 Å². The van der Waals surface area contributed by atoms with Gasteiger partial charge in [-0.2, -0.15) is 5.10 Å². The summed E-state index contributed by atoms with van der Waals surface area (Å²) in [5.74, 6) is -1.21. The van der Waals surface area contributed by atoms with Crippen molar-refractivity contribution in [3.05, 3.63) is 68.7 Å². The predicted octanol–water partition coefficient (Wildman–Crippen LogP) is 3.77. The minimum atomic E-state index is -0.668. The molecule has 1 heterocycles. The first kappa shape index (κ1) is 17.1. The summed E-state index contributed by atoms with van der Waals surface area (Å²) in [5.41, 5.74) is 0.881. The van der Waals surface area contributed by atoms with Gasteiger partial charge in [0.1, 0.15) is 5.82 Å². The third-order valence-corrected chi connectivity index (χ3v) is 4.27. The zero-order valence-corrected chi connectivity index (χ0v) is 14.4. The molecule has 0 bridgehead atoms. The van der Waals surface area contributed by atoms with E-state index in [9.17, 15) is 14.0 Å². The van der Waals surface area contributed by atoms with Gasteiger partial charge in [-0.1, -0.05) is 17.7 Å². The highest BCUT2D eigenvalue weighted by atomic mass is 35.5. The molecule has 0 saturated carbocycles. The van der Waals surface area contributed by atoms with Crippen LogP contribution in [0.4, 0.5) is 10.1 Å². The molecule has 1 aromatic heterocycles. The van der Waals surface area contributed by atoms with E-state index in [1.807, 2.05) is 13.8 Å². The molecule has 0 unspecified atom stereocenters. The fraction of sp³-hybridized carbons (Fsp3) is 0.167. The molecule has 0 atom stereocenters. The largest absolute Gasteiger partial charge is 0.320 e. The molecular formula is C18H15ClFN3O2. The number of benzene rings is 2. The number of hydrogen-bond donors (Lipinski definition) is 1. The molecule has 1 N–H and O–H groups in total. The summed E-state index contributed by atoms with van der Waals surface area (Å²) in [6, 6.07) is 8.87. The topological polar surface area (TPSA) is 64.0 Å². The molecule has 0 aliphatic carbocycles. The Morgan fingerprint density at radius 1 is 1.28 bits per heavy atom. The lowest BCUT2D eigenvalue weighted by molar-refractivity contribution is 0.101. The Balaban J connectivity index is 2.08. The molecule has 1 amide bonds. The fourth-order valence-electron chi connectivity index (χ4n) is 2.51. The van der Waals surface area contributed by atoms with Crippen LogP contribution in [0.2, 0.25) is 5.02 Å². The second-order valence-electron chi connectivity index (χ2n) is 5.57. The Morgan fingerprint density at radius 3 is 2.72 bits per heavy atom. The molecule has 0 aliphatic rings. The number of aryl methyl sites for hydroxylation is 2. The number of rotatable bonds is 3. The number of nitrogens with zero attached hydrogens (tertiary/aromatic N) is 2. The molecule has 3 aromatic rings. The third kappa shape index (κ3) is 3.25. The normalized spacial score (nSPS) is 10.9. The highest BCUT2D eigenvalue weighted by molar-refractivity contribution is 6.31. The second-order valence-corrected chi connectivity index (χ2v) is 5.98. The lowest BCUT2D eigenvalue weighted by Crippen LogP contribution is -2.27. The van der Waals surface area contributed by atoms with Crippen molar-refractivity contribution in [2.45, 2.75) is 20.4 Å². The summed E-state index contributed by atoms with van der Waals surface area (Å²) in [6.07, 6.45) is 0. The van der Waals surface area contributed by atoms with Crippen LogP contribution in [0.5, 0.6) is 0 Å². The first-order valence-corrected chi connectivity index (χ1v) is 8.06. The van der Waals surface area contributed by atoms with E-state index < -0.39 is 17.2 Å². The fourth-order valence-corrected chi connectivity index (χ4v) is 2.69. The quantitative estimate of drug-likeness (QED) is 0.774. The van der Waals surface area contributed by atoms with Crippen LogP contribution in [0.25, 0.3) is 10.9 Å². The number of amides is 1. The Kier molecular flexibility index (Phi) is 4.55. The molecular weight excluding hydrogens is 345 g/mol. The van der Waals surface area contributed by atoms with E-state index in [1.54, 1.807) is 18.2 Å². The van der Waals surface area contributed by atoms with Gasteiger partial charge in [-0.3, -0.25) is 14.3 Å². The molecule has 128 valence electrons. The van der Waals surface area contributed by atoms with Crippen LogP contribution >= 0.6 is 11.6 Å². The van der Waals surface area contributed by atoms with Crippen molar-refractivity contribution in [1.82, 2.24) is 9.78 Å². The highest BCUT2D eigenvalue weighted by Crippen LogP contribution is 2.20. The van der Waals surface area contributed by atoms with E-state index in [4.69, 9.17) is 11.6 Å². The van der Waals surface area contributed by atoms with Crippen LogP contribution in [0.3, 0.4) is 0 Å². The van der Waals surface area contributed by atoms with Gasteiger partial charge >= 0.3 is 0 Å². The van der Waals surface area contributed by atoms with Gasteiger partial charge in [-0.05, 0) is 49.7 Å². The maximum absolute atomic E-state index is 13.5. The maximum Gasteiger partial charge on any atom is 0.280 e. The zero-order chi connectivity index (χ0) is 18.1. The second kappa shape index (κ2) is 6.64. The van der Waals surface area contributed by atoms with E-state index in [2.05, 4.69) is 10.4 Å². The molecule has 3 rings (SSSR count). The maximum atomic E-state index is 13.5. The molecule has 0 spiro atoms. The van der Waals surface area contributed by atoms with Crippen LogP contribution < -0.4 is 10.7 Å². The summed E-state index contributed by atoms with van der Waals surface area (Å²) in [6.45, 7) is 4.09. The van der Waals surface area contributed by atoms with Crippen molar-refractivity contribution in [2.24, 2.45) is 0 Å². The van der Waals surface area contributed by atoms with Gasteiger partial charge in [0.15, 0.2) is 5.69 Å². The van der Waals surface area contributed by atoms with Gasteiger partial charge in [0.25, 0.3) is 5.91 Å². The lowest BCUT2D eigenvalue weighted by Gasteiger charge is -2.11. The third-order valence-electron chi connectivity index (χ3n) is 3.86. The summed E-state index contributed by atoms with van der Waals surface area (Å²) >= 11 is 6.04. The van der Waals surface area contributed by atoms with E-state index in [0.29, 0.717) is 22.8 Å². The van der Waals surface area contributed by atoms with E-state index in [0.717, 1.165) is 11.6 Å². The number of carbonyl (C=O) groups is 1. The molecule has 2 aromatic carbocycles. The van der Waals surface area contributed by atoms with Crippen LogP contribution in [-0.2, 0) is 6.54 Å². The van der Waals surface area contributed by atoms with Crippen molar-refractivity contribution in [3.8, 4) is 0 Å². The summed E-state index contributed by atoms with van der Waals surface area (Å²) in [5, 5.41) is 7.34. The minimum absolute atomic E-state index is 0.115. The Labute approximate surface area is 148 Å². The summed E-state index contributed by atoms with van der Waals surface area (Å²) < 4.78 is 15.0. The molecule has 0 fully saturated rings. The monoisotopic (exact) mass is 359 g/mol. The average Bonchev–Trinajstić information content (AvgIpc) is 2.59. The van der Waals surface area contributed by atoms with Crippen LogP contribution in [0.1, 0.15) is 23.0 Å². The van der Waals surface area contributed by atoms with Gasteiger partial charge in [-0.25, -0.2) is 4.39 Å². The number of hydrogen-bond acceptors (Lipinski definition) is 3. The zero-order valence-electron chi connectivity index (χ0n) is 13.6. The van der Waals surface area contributed by atoms with E-state index >= 15 is 0 Å². The summed E-state index contributed by atoms with van der Waals surface area (Å²) in [7, 11) is 0. The Hall–Kier alpha value is -2.73. The molecule has 0 radical (unpaired) electrons. The smallest absolute Gasteiger partial charge is 0.280 e. The van der Waals surface area contributed by atoms with Crippen molar-refractivity contribution >= 4 is 34.1 Å². The Morgan fingerprint density at radius 2 is 2.04 bits per heavy atom. The SMILES string of the molecule is CCn1nc(C(=O)Nc2ccc(C)c(Cl)c2)c(=O)c2cc(F)ccc21. The minimum Gasteiger partial charge on any atom is -0.320 e. The van der Waals surface area contributed by atoms with Gasteiger partial charge in [0.05, 0.1) is 10.9 Å². The molecule has 0 aliphatic heterocycles. The molecule has 7 heteroatoms. The number of carbonyl (C=O) groups excluding carboxylic acids is 1. The lowest BCUT2D eigenvalue weighted by atomic mass is 10.1. The average molecular weight is 360 g/mol. The number of aromatic nitrogens is 2. The van der Waals surface area contributed by atoms with Gasteiger partial charge in [0, 0.05) is 17.3 Å². The van der Waals surface area contributed by atoms with Gasteiger partial charge in [0.2, 0.25) is 5.43 Å². The summed E-state index contributed by atoms with van der Waals surface area (Å²) in [4.78, 5) is 25.1. The van der Waals surface area contributed by atoms with Crippen LogP contribution in [-0.4, -0.2) is 15.7 Å². The molecule has 25 heavy (non-hydrogen) atoms. The van der Waals surface area contributed by atoms with E-state index in [-0.39, 0.29) is 11.1 Å². The van der Waals surface area contributed by atoms with Crippen LogP contribution in [0, 0.1) is 12.7 Å². The standard InChI is InChI=1S/C18H15ClFN3O2/c1-3-23-15-7-5-11(20)8-13(15)17(24)16(22-23)18(25)21-12-6-4-10(2)14(19)9-12/h4-9H,3H2,1-2H3,(H,21,25). The van der Waals surface area contributed by atoms with Crippen molar-refractivity contribution in [1.29, 1.82) is 0 Å². The van der Waals surface area contributed by atoms with Crippen molar-refractivity contribution < 1.29 is 9.18 Å². The van der Waals surface area contributed by atoms with E-state index in [1.165, 1.54) is 16.8 Å². The number of fused-ring (bicyclic) bond motifs is 1. The van der Waals surface area contributed by atoms with Crippen molar-refractivity contribution in [2.75, 3.05) is 5.32 Å². The Bertz CT molecular complexity index is 1050. The van der Waals surface area contributed by atoms with Gasteiger partial charge < -0.3 is 5.32 Å². The molecule has 5 nitrogen and oxygen atoms in total. The highest BCUT2D eigenvalue weighted by Gasteiger charge is 2.18.